The van der Waals surface area contributed by atoms with Crippen LogP contribution >= 0.6 is 23.2 Å². The SMILES string of the molecule is C=CC(=O)N1CC(Nc2cccc(Oc3nc(Cl)ncc3Cl)c2)C1. The fraction of sp³-hybridized carbons (Fsp3) is 0.188. The van der Waals surface area contributed by atoms with Gasteiger partial charge in [0.15, 0.2) is 0 Å². The zero-order chi connectivity index (χ0) is 17.1. The van der Waals surface area contributed by atoms with Crippen molar-refractivity contribution in [3.05, 3.63) is 53.4 Å². The Balaban J connectivity index is 1.64. The number of nitrogens with one attached hydrogen (secondary N) is 1. The molecule has 0 radical (unpaired) electrons. The van der Waals surface area contributed by atoms with Gasteiger partial charge in [0.05, 0.1) is 12.2 Å². The van der Waals surface area contributed by atoms with Crippen LogP contribution < -0.4 is 10.1 Å². The molecule has 124 valence electrons. The first-order valence-corrected chi connectivity index (χ1v) is 7.94. The largest absolute Gasteiger partial charge is 0.437 e. The van der Waals surface area contributed by atoms with Crippen LogP contribution in [0.5, 0.6) is 11.6 Å². The Morgan fingerprint density at radius 2 is 2.21 bits per heavy atom. The van der Waals surface area contributed by atoms with E-state index in [0.717, 1.165) is 5.69 Å². The number of likely N-dealkylation sites (tertiary alicyclic amines) is 1. The molecule has 8 heteroatoms. The third-order valence-corrected chi connectivity index (χ3v) is 3.91. The van der Waals surface area contributed by atoms with Crippen LogP contribution in [-0.4, -0.2) is 39.9 Å². The average molecular weight is 365 g/mol. The predicted octanol–water partition coefficient (Wildman–Crippen LogP) is 3.38. The van der Waals surface area contributed by atoms with Gasteiger partial charge in [0.25, 0.3) is 0 Å². The van der Waals surface area contributed by atoms with E-state index >= 15 is 0 Å². The highest BCUT2D eigenvalue weighted by molar-refractivity contribution is 6.32. The number of rotatable bonds is 5. The maximum absolute atomic E-state index is 11.4. The van der Waals surface area contributed by atoms with Gasteiger partial charge in [0, 0.05) is 24.8 Å². The summed E-state index contributed by atoms with van der Waals surface area (Å²) in [5.74, 6) is 0.704. The van der Waals surface area contributed by atoms with Gasteiger partial charge in [-0.1, -0.05) is 24.2 Å². The zero-order valence-electron chi connectivity index (χ0n) is 12.6. The lowest BCUT2D eigenvalue weighted by Crippen LogP contribution is -2.56. The van der Waals surface area contributed by atoms with Gasteiger partial charge >= 0.3 is 0 Å². The minimum Gasteiger partial charge on any atom is -0.437 e. The van der Waals surface area contributed by atoms with Gasteiger partial charge in [-0.15, -0.1) is 0 Å². The minimum atomic E-state index is -0.0552. The first-order valence-electron chi connectivity index (χ1n) is 7.19. The molecule has 0 atom stereocenters. The van der Waals surface area contributed by atoms with Crippen molar-refractivity contribution in [2.24, 2.45) is 0 Å². The topological polar surface area (TPSA) is 67.4 Å². The van der Waals surface area contributed by atoms with Crippen LogP contribution in [0.3, 0.4) is 0 Å². The van der Waals surface area contributed by atoms with E-state index in [9.17, 15) is 4.79 Å². The molecular weight excluding hydrogens is 351 g/mol. The summed E-state index contributed by atoms with van der Waals surface area (Å²) in [6.45, 7) is 4.76. The lowest BCUT2D eigenvalue weighted by Gasteiger charge is -2.39. The van der Waals surface area contributed by atoms with Gasteiger partial charge in [0.1, 0.15) is 10.8 Å². The third-order valence-electron chi connectivity index (χ3n) is 3.47. The van der Waals surface area contributed by atoms with E-state index in [-0.39, 0.29) is 28.1 Å². The fourth-order valence-electron chi connectivity index (χ4n) is 2.28. The highest BCUT2D eigenvalue weighted by Crippen LogP contribution is 2.29. The van der Waals surface area contributed by atoms with Crippen LogP contribution in [0.25, 0.3) is 0 Å². The molecule has 1 fully saturated rings. The van der Waals surface area contributed by atoms with Crippen LogP contribution in [0.15, 0.2) is 43.1 Å². The molecule has 1 aromatic carbocycles. The molecule has 1 aromatic heterocycles. The standard InChI is InChI=1S/C16H14Cl2N4O2/c1-2-14(23)22-8-11(9-22)20-10-4-3-5-12(6-10)24-15-13(17)7-19-16(18)21-15/h2-7,11,20H,1,8-9H2. The summed E-state index contributed by atoms with van der Waals surface area (Å²) < 4.78 is 5.66. The second-order valence-electron chi connectivity index (χ2n) is 5.21. The summed E-state index contributed by atoms with van der Waals surface area (Å²) in [7, 11) is 0. The molecule has 0 saturated carbocycles. The van der Waals surface area contributed by atoms with Crippen LogP contribution in [0.2, 0.25) is 10.3 Å². The number of carbonyl (C=O) groups is 1. The maximum Gasteiger partial charge on any atom is 0.246 e. The van der Waals surface area contributed by atoms with E-state index in [1.807, 2.05) is 18.2 Å². The number of hydrogen-bond donors (Lipinski definition) is 1. The number of hydrogen-bond acceptors (Lipinski definition) is 5. The first kappa shape index (κ1) is 16.5. The molecule has 0 bridgehead atoms. The fourth-order valence-corrected chi connectivity index (χ4v) is 2.53. The molecule has 6 nitrogen and oxygen atoms in total. The number of amides is 1. The number of aromatic nitrogens is 2. The molecule has 24 heavy (non-hydrogen) atoms. The van der Waals surface area contributed by atoms with Gasteiger partial charge in [0.2, 0.25) is 17.1 Å². The van der Waals surface area contributed by atoms with E-state index in [2.05, 4.69) is 21.9 Å². The molecule has 1 aliphatic heterocycles. The molecule has 1 aliphatic rings. The van der Waals surface area contributed by atoms with Gasteiger partial charge in [-0.05, 0) is 29.8 Å². The highest BCUT2D eigenvalue weighted by atomic mass is 35.5. The zero-order valence-corrected chi connectivity index (χ0v) is 14.1. The van der Waals surface area contributed by atoms with Crippen molar-refractivity contribution in [3.63, 3.8) is 0 Å². The summed E-state index contributed by atoms with van der Waals surface area (Å²) >= 11 is 11.7. The van der Waals surface area contributed by atoms with Crippen LogP contribution in [0, 0.1) is 0 Å². The predicted molar refractivity (Wildman–Crippen MR) is 92.8 cm³/mol. The Hall–Kier alpha value is -2.31. The Morgan fingerprint density at radius 3 is 2.96 bits per heavy atom. The molecule has 2 heterocycles. The summed E-state index contributed by atoms with van der Waals surface area (Å²) in [5, 5.41) is 3.67. The van der Waals surface area contributed by atoms with Crippen molar-refractivity contribution in [2.45, 2.75) is 6.04 Å². The quantitative estimate of drug-likeness (QED) is 0.650. The number of nitrogens with zero attached hydrogens (tertiary/aromatic N) is 3. The Labute approximate surface area is 149 Å². The molecule has 1 amide bonds. The van der Waals surface area contributed by atoms with Crippen molar-refractivity contribution in [2.75, 3.05) is 18.4 Å². The molecule has 1 saturated heterocycles. The first-order chi connectivity index (χ1) is 11.5. The molecule has 0 spiro atoms. The van der Waals surface area contributed by atoms with Crippen LogP contribution in [-0.2, 0) is 4.79 Å². The molecule has 1 N–H and O–H groups in total. The van der Waals surface area contributed by atoms with E-state index in [4.69, 9.17) is 27.9 Å². The Morgan fingerprint density at radius 1 is 1.42 bits per heavy atom. The average Bonchev–Trinajstić information content (AvgIpc) is 2.54. The lowest BCUT2D eigenvalue weighted by molar-refractivity contribution is -0.129. The normalized spacial score (nSPS) is 14.0. The van der Waals surface area contributed by atoms with Crippen LogP contribution in [0.1, 0.15) is 0 Å². The minimum absolute atomic E-state index is 0.0552. The van der Waals surface area contributed by atoms with E-state index in [1.165, 1.54) is 12.3 Å². The highest BCUT2D eigenvalue weighted by Gasteiger charge is 2.28. The van der Waals surface area contributed by atoms with Crippen molar-refractivity contribution in [1.82, 2.24) is 14.9 Å². The number of ether oxygens (including phenoxy) is 1. The molecule has 0 aliphatic carbocycles. The summed E-state index contributed by atoms with van der Waals surface area (Å²) in [6, 6.07) is 7.57. The number of halogens is 2. The maximum atomic E-state index is 11.4. The molecule has 2 aromatic rings. The van der Waals surface area contributed by atoms with Gasteiger partial charge in [-0.3, -0.25) is 4.79 Å². The van der Waals surface area contributed by atoms with E-state index < -0.39 is 0 Å². The van der Waals surface area contributed by atoms with Crippen molar-refractivity contribution < 1.29 is 9.53 Å². The van der Waals surface area contributed by atoms with Gasteiger partial charge in [-0.2, -0.15) is 4.98 Å². The summed E-state index contributed by atoms with van der Waals surface area (Å²) in [5.41, 5.74) is 0.875. The number of anilines is 1. The second kappa shape index (κ2) is 7.07. The molecular formula is C16H14Cl2N4O2. The lowest BCUT2D eigenvalue weighted by atomic mass is 10.1. The smallest absolute Gasteiger partial charge is 0.246 e. The monoisotopic (exact) mass is 364 g/mol. The second-order valence-corrected chi connectivity index (χ2v) is 5.96. The number of carbonyl (C=O) groups excluding carboxylic acids is 1. The van der Waals surface area contributed by atoms with Gasteiger partial charge in [-0.25, -0.2) is 4.98 Å². The van der Waals surface area contributed by atoms with Crippen LogP contribution in [0.4, 0.5) is 5.69 Å². The number of benzene rings is 1. The Kier molecular flexibility index (Phi) is 4.87. The molecule has 0 unspecified atom stereocenters. The summed E-state index contributed by atoms with van der Waals surface area (Å²) in [6.07, 6.45) is 2.70. The summed E-state index contributed by atoms with van der Waals surface area (Å²) in [4.78, 5) is 20.9. The van der Waals surface area contributed by atoms with Crippen molar-refractivity contribution in [1.29, 1.82) is 0 Å². The van der Waals surface area contributed by atoms with E-state index in [1.54, 1.807) is 11.0 Å². The van der Waals surface area contributed by atoms with E-state index in [0.29, 0.717) is 18.8 Å². The molecule has 3 rings (SSSR count). The Bertz CT molecular complexity index is 778. The third kappa shape index (κ3) is 3.77. The van der Waals surface area contributed by atoms with Crippen molar-refractivity contribution >= 4 is 34.8 Å². The van der Waals surface area contributed by atoms with Crippen molar-refractivity contribution in [3.8, 4) is 11.6 Å². The van der Waals surface area contributed by atoms with Gasteiger partial charge < -0.3 is 15.0 Å².